The fraction of sp³-hybridized carbons (Fsp3) is 0.500. The second kappa shape index (κ2) is 5.85. The molecule has 3 N–H and O–H groups in total. The van der Waals surface area contributed by atoms with E-state index in [2.05, 4.69) is 5.32 Å². The molecule has 0 spiro atoms. The van der Waals surface area contributed by atoms with E-state index in [1.807, 2.05) is 0 Å². The topological polar surface area (TPSA) is 55.1 Å². The highest BCUT2D eigenvalue weighted by molar-refractivity contribution is 5.91. The number of anilines is 2. The maximum Gasteiger partial charge on any atom is 0.224 e. The Balaban J connectivity index is 1.90. The summed E-state index contributed by atoms with van der Waals surface area (Å²) in [4.78, 5) is 11.8. The first-order valence-electron chi connectivity index (χ1n) is 6.50. The molecular weight excluding hydrogens is 231 g/mol. The summed E-state index contributed by atoms with van der Waals surface area (Å²) >= 11 is 0. The molecule has 3 nitrogen and oxygen atoms in total. The number of rotatable bonds is 3. The van der Waals surface area contributed by atoms with Gasteiger partial charge in [-0.15, -0.1) is 0 Å². The Morgan fingerprint density at radius 2 is 2.06 bits per heavy atom. The highest BCUT2D eigenvalue weighted by Crippen LogP contribution is 2.27. The predicted octanol–water partition coefficient (Wildman–Crippen LogP) is 3.32. The van der Waals surface area contributed by atoms with Gasteiger partial charge in [0.15, 0.2) is 0 Å². The standard InChI is InChI=1S/C14H19FN2O/c15-12-9-11(16)6-7-13(12)17-14(18)8-10-4-2-1-3-5-10/h6-7,9-10H,1-5,8,16H2,(H,17,18). The molecule has 0 unspecified atom stereocenters. The minimum absolute atomic E-state index is 0.106. The molecule has 0 aromatic heterocycles. The van der Waals surface area contributed by atoms with Crippen molar-refractivity contribution in [3.05, 3.63) is 24.0 Å². The Hall–Kier alpha value is -1.58. The van der Waals surface area contributed by atoms with E-state index < -0.39 is 5.82 Å². The number of halogens is 1. The Kier molecular flexibility index (Phi) is 4.18. The third-order valence-electron chi connectivity index (χ3n) is 3.47. The highest BCUT2D eigenvalue weighted by atomic mass is 19.1. The van der Waals surface area contributed by atoms with Crippen LogP contribution in [0.1, 0.15) is 38.5 Å². The SMILES string of the molecule is Nc1ccc(NC(=O)CC2CCCCC2)c(F)c1. The zero-order valence-electron chi connectivity index (χ0n) is 10.4. The average Bonchev–Trinajstić information content (AvgIpc) is 2.34. The summed E-state index contributed by atoms with van der Waals surface area (Å²) in [5.41, 5.74) is 6.03. The van der Waals surface area contributed by atoms with Gasteiger partial charge in [-0.3, -0.25) is 4.79 Å². The zero-order valence-corrected chi connectivity index (χ0v) is 10.4. The summed E-state index contributed by atoms with van der Waals surface area (Å²) in [6.07, 6.45) is 6.38. The highest BCUT2D eigenvalue weighted by Gasteiger charge is 2.17. The van der Waals surface area contributed by atoms with E-state index in [0.717, 1.165) is 12.8 Å². The van der Waals surface area contributed by atoms with Crippen molar-refractivity contribution < 1.29 is 9.18 Å². The summed E-state index contributed by atoms with van der Waals surface area (Å²) in [5.74, 6) is -0.131. The Morgan fingerprint density at radius 1 is 1.33 bits per heavy atom. The number of carbonyl (C=O) groups is 1. The van der Waals surface area contributed by atoms with Gasteiger partial charge in [-0.1, -0.05) is 19.3 Å². The van der Waals surface area contributed by atoms with Gasteiger partial charge >= 0.3 is 0 Å². The average molecular weight is 250 g/mol. The minimum atomic E-state index is -0.480. The molecule has 0 heterocycles. The van der Waals surface area contributed by atoms with Crippen LogP contribution in [-0.2, 0) is 4.79 Å². The molecule has 1 amide bonds. The number of benzene rings is 1. The molecule has 1 aromatic rings. The molecule has 0 radical (unpaired) electrons. The van der Waals surface area contributed by atoms with Crippen molar-refractivity contribution in [1.82, 2.24) is 0 Å². The van der Waals surface area contributed by atoms with E-state index in [1.54, 1.807) is 6.07 Å². The van der Waals surface area contributed by atoms with Crippen LogP contribution in [0, 0.1) is 11.7 Å². The van der Waals surface area contributed by atoms with Gasteiger partial charge in [-0.05, 0) is 37.0 Å². The van der Waals surface area contributed by atoms with Gasteiger partial charge in [0.05, 0.1) is 5.69 Å². The van der Waals surface area contributed by atoms with Crippen molar-refractivity contribution >= 4 is 17.3 Å². The molecule has 1 aliphatic rings. The summed E-state index contributed by atoms with van der Waals surface area (Å²) in [7, 11) is 0. The van der Waals surface area contributed by atoms with Crippen LogP contribution in [0.25, 0.3) is 0 Å². The molecule has 0 aliphatic heterocycles. The zero-order chi connectivity index (χ0) is 13.0. The number of hydrogen-bond acceptors (Lipinski definition) is 2. The van der Waals surface area contributed by atoms with Gasteiger partial charge < -0.3 is 11.1 Å². The third-order valence-corrected chi connectivity index (χ3v) is 3.47. The molecule has 1 aliphatic carbocycles. The quantitative estimate of drug-likeness (QED) is 0.808. The smallest absolute Gasteiger partial charge is 0.224 e. The molecule has 0 saturated heterocycles. The van der Waals surface area contributed by atoms with Crippen LogP contribution in [0.3, 0.4) is 0 Å². The number of carbonyl (C=O) groups excluding carboxylic acids is 1. The van der Waals surface area contributed by atoms with E-state index in [0.29, 0.717) is 18.0 Å². The maximum atomic E-state index is 13.5. The minimum Gasteiger partial charge on any atom is -0.399 e. The van der Waals surface area contributed by atoms with Gasteiger partial charge in [-0.25, -0.2) is 4.39 Å². The molecule has 1 fully saturated rings. The van der Waals surface area contributed by atoms with Crippen LogP contribution in [-0.4, -0.2) is 5.91 Å². The summed E-state index contributed by atoms with van der Waals surface area (Å²) in [5, 5.41) is 2.62. The largest absolute Gasteiger partial charge is 0.399 e. The molecule has 0 atom stereocenters. The van der Waals surface area contributed by atoms with Crippen LogP contribution in [0.5, 0.6) is 0 Å². The van der Waals surface area contributed by atoms with E-state index in [-0.39, 0.29) is 11.6 Å². The van der Waals surface area contributed by atoms with Gasteiger partial charge in [0.25, 0.3) is 0 Å². The van der Waals surface area contributed by atoms with Crippen LogP contribution >= 0.6 is 0 Å². The van der Waals surface area contributed by atoms with E-state index >= 15 is 0 Å². The third kappa shape index (κ3) is 3.45. The first kappa shape index (κ1) is 12.9. The number of nitrogens with two attached hydrogens (primary N) is 1. The Bertz CT molecular complexity index is 428. The molecule has 0 bridgehead atoms. The summed E-state index contributed by atoms with van der Waals surface area (Å²) < 4.78 is 13.5. The normalized spacial score (nSPS) is 16.5. The number of amides is 1. The molecule has 2 rings (SSSR count). The first-order valence-corrected chi connectivity index (χ1v) is 6.50. The van der Waals surface area contributed by atoms with Crippen molar-refractivity contribution in [2.45, 2.75) is 38.5 Å². The van der Waals surface area contributed by atoms with Crippen LogP contribution in [0.2, 0.25) is 0 Å². The fourth-order valence-electron chi connectivity index (χ4n) is 2.49. The lowest BCUT2D eigenvalue weighted by molar-refractivity contribution is -0.117. The van der Waals surface area contributed by atoms with Crippen LogP contribution in [0.4, 0.5) is 15.8 Å². The molecular formula is C14H19FN2O. The van der Waals surface area contributed by atoms with E-state index in [1.165, 1.54) is 31.4 Å². The molecule has 1 aromatic carbocycles. The maximum absolute atomic E-state index is 13.5. The number of hydrogen-bond donors (Lipinski definition) is 2. The lowest BCUT2D eigenvalue weighted by Gasteiger charge is -2.20. The molecule has 98 valence electrons. The van der Waals surface area contributed by atoms with E-state index in [9.17, 15) is 9.18 Å². The van der Waals surface area contributed by atoms with Crippen LogP contribution < -0.4 is 11.1 Å². The summed E-state index contributed by atoms with van der Waals surface area (Å²) in [6, 6.07) is 4.30. The lowest BCUT2D eigenvalue weighted by Crippen LogP contribution is -2.18. The summed E-state index contributed by atoms with van der Waals surface area (Å²) in [6.45, 7) is 0. The van der Waals surface area contributed by atoms with Crippen molar-refractivity contribution in [2.75, 3.05) is 11.1 Å². The molecule has 18 heavy (non-hydrogen) atoms. The lowest BCUT2D eigenvalue weighted by atomic mass is 9.87. The van der Waals surface area contributed by atoms with Gasteiger partial charge in [-0.2, -0.15) is 0 Å². The number of nitrogen functional groups attached to an aromatic ring is 1. The van der Waals surface area contributed by atoms with Gasteiger partial charge in [0, 0.05) is 12.1 Å². The fourth-order valence-corrected chi connectivity index (χ4v) is 2.49. The second-order valence-corrected chi connectivity index (χ2v) is 5.00. The van der Waals surface area contributed by atoms with Gasteiger partial charge in [0.1, 0.15) is 5.82 Å². The van der Waals surface area contributed by atoms with Crippen molar-refractivity contribution in [3.63, 3.8) is 0 Å². The Labute approximate surface area is 107 Å². The van der Waals surface area contributed by atoms with Crippen molar-refractivity contribution in [1.29, 1.82) is 0 Å². The van der Waals surface area contributed by atoms with E-state index in [4.69, 9.17) is 5.73 Å². The van der Waals surface area contributed by atoms with Crippen molar-refractivity contribution in [2.24, 2.45) is 5.92 Å². The second-order valence-electron chi connectivity index (χ2n) is 5.00. The molecule has 4 heteroatoms. The van der Waals surface area contributed by atoms with Gasteiger partial charge in [0.2, 0.25) is 5.91 Å². The number of nitrogens with one attached hydrogen (secondary N) is 1. The Morgan fingerprint density at radius 3 is 2.72 bits per heavy atom. The van der Waals surface area contributed by atoms with Crippen LogP contribution in [0.15, 0.2) is 18.2 Å². The predicted molar refractivity (Wildman–Crippen MR) is 70.6 cm³/mol. The monoisotopic (exact) mass is 250 g/mol. The first-order chi connectivity index (χ1) is 8.65. The molecule has 1 saturated carbocycles. The van der Waals surface area contributed by atoms with Crippen molar-refractivity contribution in [3.8, 4) is 0 Å².